The van der Waals surface area contributed by atoms with Crippen LogP contribution in [-0.2, 0) is 6.42 Å². The highest BCUT2D eigenvalue weighted by Crippen LogP contribution is 2.31. The van der Waals surface area contributed by atoms with Gasteiger partial charge in [-0.25, -0.2) is 9.97 Å². The van der Waals surface area contributed by atoms with Gasteiger partial charge in [-0.2, -0.15) is 0 Å². The second kappa shape index (κ2) is 5.96. The van der Waals surface area contributed by atoms with Crippen LogP contribution in [0, 0.1) is 6.92 Å². The molecule has 96 valence electrons. The van der Waals surface area contributed by atoms with Crippen LogP contribution in [0.3, 0.4) is 0 Å². The molecule has 2 aromatic rings. The molecule has 0 aliphatic heterocycles. The Kier molecular flexibility index (Phi) is 4.31. The average Bonchev–Trinajstić information content (AvgIpc) is 2.78. The van der Waals surface area contributed by atoms with Crippen LogP contribution < -0.4 is 5.32 Å². The number of thiophene rings is 1. The van der Waals surface area contributed by atoms with Gasteiger partial charge in [0.05, 0.1) is 10.6 Å². The van der Waals surface area contributed by atoms with Crippen molar-refractivity contribution in [1.29, 1.82) is 0 Å². The van der Waals surface area contributed by atoms with Gasteiger partial charge in [-0.15, -0.1) is 11.3 Å². The third-order valence-corrected chi connectivity index (χ3v) is 3.77. The third-order valence-electron chi connectivity index (χ3n) is 2.76. The molecule has 0 bridgehead atoms. The summed E-state index contributed by atoms with van der Waals surface area (Å²) in [4.78, 5) is 11.4. The van der Waals surface area contributed by atoms with Gasteiger partial charge in [0.25, 0.3) is 0 Å². The fraction of sp³-hybridized carbons (Fsp3) is 0.429. The fourth-order valence-corrected chi connectivity index (χ4v) is 2.88. The van der Waals surface area contributed by atoms with Crippen molar-refractivity contribution in [3.8, 4) is 10.6 Å². The summed E-state index contributed by atoms with van der Waals surface area (Å²) in [5.74, 6) is 0.982. The largest absolute Gasteiger partial charge is 0.370 e. The van der Waals surface area contributed by atoms with Crippen LogP contribution in [0.1, 0.15) is 30.7 Å². The Hall–Kier alpha value is -1.42. The molecule has 0 aromatic carbocycles. The van der Waals surface area contributed by atoms with Crippen molar-refractivity contribution in [3.63, 3.8) is 0 Å². The molecule has 0 unspecified atom stereocenters. The Bertz CT molecular complexity index is 520. The molecule has 1 N–H and O–H groups in total. The summed E-state index contributed by atoms with van der Waals surface area (Å²) in [6, 6.07) is 4.29. The standard InChI is InChI=1S/C14H19N3S/c1-4-6-11-13(12-8-7-10(3)18-12)16-9-17-14(11)15-5-2/h7-9H,4-6H2,1-3H3,(H,15,16,17). The van der Waals surface area contributed by atoms with E-state index in [2.05, 4.69) is 48.2 Å². The summed E-state index contributed by atoms with van der Waals surface area (Å²) in [6.07, 6.45) is 3.76. The van der Waals surface area contributed by atoms with Gasteiger partial charge in [0.1, 0.15) is 12.1 Å². The lowest BCUT2D eigenvalue weighted by Gasteiger charge is -2.12. The van der Waals surface area contributed by atoms with E-state index in [9.17, 15) is 0 Å². The predicted octanol–water partition coefficient (Wildman–Crippen LogP) is 3.90. The molecule has 0 saturated heterocycles. The number of hydrogen-bond acceptors (Lipinski definition) is 4. The summed E-state index contributed by atoms with van der Waals surface area (Å²) >= 11 is 1.79. The first kappa shape index (κ1) is 13.0. The Labute approximate surface area is 112 Å². The van der Waals surface area contributed by atoms with Gasteiger partial charge in [0.15, 0.2) is 0 Å². The number of nitrogens with zero attached hydrogens (tertiary/aromatic N) is 2. The van der Waals surface area contributed by atoms with Gasteiger partial charge < -0.3 is 5.32 Å². The van der Waals surface area contributed by atoms with Crippen molar-refractivity contribution >= 4 is 17.2 Å². The first-order valence-electron chi connectivity index (χ1n) is 6.40. The molecule has 0 amide bonds. The molecule has 0 aliphatic rings. The fourth-order valence-electron chi connectivity index (χ4n) is 1.99. The highest BCUT2D eigenvalue weighted by molar-refractivity contribution is 7.15. The zero-order chi connectivity index (χ0) is 13.0. The normalized spacial score (nSPS) is 10.6. The molecule has 18 heavy (non-hydrogen) atoms. The Morgan fingerprint density at radius 1 is 1.22 bits per heavy atom. The predicted molar refractivity (Wildman–Crippen MR) is 78.2 cm³/mol. The lowest BCUT2D eigenvalue weighted by atomic mass is 10.1. The first-order valence-corrected chi connectivity index (χ1v) is 7.22. The SMILES string of the molecule is CCCc1c(NCC)ncnc1-c1ccc(C)s1. The molecule has 0 spiro atoms. The molecule has 4 heteroatoms. The van der Waals surface area contributed by atoms with Crippen LogP contribution in [0.4, 0.5) is 5.82 Å². The number of aromatic nitrogens is 2. The molecule has 0 atom stereocenters. The van der Waals surface area contributed by atoms with E-state index in [1.807, 2.05) is 0 Å². The van der Waals surface area contributed by atoms with Crippen LogP contribution in [0.5, 0.6) is 0 Å². The topological polar surface area (TPSA) is 37.8 Å². The number of anilines is 1. The summed E-state index contributed by atoms with van der Waals surface area (Å²) in [5.41, 5.74) is 2.32. The lowest BCUT2D eigenvalue weighted by molar-refractivity contribution is 0.903. The van der Waals surface area contributed by atoms with E-state index in [4.69, 9.17) is 0 Å². The van der Waals surface area contributed by atoms with Crippen molar-refractivity contribution in [1.82, 2.24) is 9.97 Å². The van der Waals surface area contributed by atoms with E-state index in [1.165, 1.54) is 15.3 Å². The minimum Gasteiger partial charge on any atom is -0.370 e. The number of nitrogens with one attached hydrogen (secondary N) is 1. The van der Waals surface area contributed by atoms with Crippen molar-refractivity contribution in [3.05, 3.63) is 28.9 Å². The van der Waals surface area contributed by atoms with Crippen molar-refractivity contribution in [2.45, 2.75) is 33.6 Å². The maximum absolute atomic E-state index is 4.48. The monoisotopic (exact) mass is 261 g/mol. The van der Waals surface area contributed by atoms with E-state index in [0.29, 0.717) is 0 Å². The highest BCUT2D eigenvalue weighted by atomic mass is 32.1. The van der Waals surface area contributed by atoms with Gasteiger partial charge in [-0.1, -0.05) is 13.3 Å². The minimum atomic E-state index is 0.886. The molecular formula is C14H19N3S. The van der Waals surface area contributed by atoms with Crippen LogP contribution >= 0.6 is 11.3 Å². The second-order valence-corrected chi connectivity index (χ2v) is 5.53. The summed E-state index contributed by atoms with van der Waals surface area (Å²) in [7, 11) is 0. The number of aryl methyl sites for hydroxylation is 1. The maximum Gasteiger partial charge on any atom is 0.133 e. The molecule has 2 heterocycles. The third kappa shape index (κ3) is 2.70. The number of hydrogen-bond donors (Lipinski definition) is 1. The molecule has 0 aliphatic carbocycles. The zero-order valence-corrected chi connectivity index (χ0v) is 12.0. The van der Waals surface area contributed by atoms with Crippen LogP contribution in [-0.4, -0.2) is 16.5 Å². The number of rotatable bonds is 5. The summed E-state index contributed by atoms with van der Waals surface area (Å²) in [5, 5.41) is 3.33. The second-order valence-electron chi connectivity index (χ2n) is 4.24. The smallest absolute Gasteiger partial charge is 0.133 e. The first-order chi connectivity index (χ1) is 8.76. The van der Waals surface area contributed by atoms with Crippen molar-refractivity contribution in [2.24, 2.45) is 0 Å². The minimum absolute atomic E-state index is 0.886. The average molecular weight is 261 g/mol. The maximum atomic E-state index is 4.48. The van der Waals surface area contributed by atoms with Gasteiger partial charge >= 0.3 is 0 Å². The molecule has 0 saturated carbocycles. The molecule has 2 aromatic heterocycles. The summed E-state index contributed by atoms with van der Waals surface area (Å²) in [6.45, 7) is 7.29. The Balaban J connectivity index is 2.48. The van der Waals surface area contributed by atoms with Crippen LogP contribution in [0.25, 0.3) is 10.6 Å². The van der Waals surface area contributed by atoms with Crippen LogP contribution in [0.2, 0.25) is 0 Å². The molecule has 0 fully saturated rings. The Morgan fingerprint density at radius 3 is 2.67 bits per heavy atom. The van der Waals surface area contributed by atoms with Gasteiger partial charge in [-0.3, -0.25) is 0 Å². The Morgan fingerprint density at radius 2 is 2.06 bits per heavy atom. The molecular weight excluding hydrogens is 242 g/mol. The van der Waals surface area contributed by atoms with E-state index in [1.54, 1.807) is 17.7 Å². The molecule has 2 rings (SSSR count). The molecule has 3 nitrogen and oxygen atoms in total. The zero-order valence-electron chi connectivity index (χ0n) is 11.2. The van der Waals surface area contributed by atoms with Gasteiger partial charge in [0, 0.05) is 17.0 Å². The van der Waals surface area contributed by atoms with Gasteiger partial charge in [-0.05, 0) is 32.4 Å². The summed E-state index contributed by atoms with van der Waals surface area (Å²) < 4.78 is 0. The van der Waals surface area contributed by atoms with Crippen molar-refractivity contribution < 1.29 is 0 Å². The quantitative estimate of drug-likeness (QED) is 0.887. The van der Waals surface area contributed by atoms with E-state index >= 15 is 0 Å². The molecule has 0 radical (unpaired) electrons. The van der Waals surface area contributed by atoms with Crippen LogP contribution in [0.15, 0.2) is 18.5 Å². The lowest BCUT2D eigenvalue weighted by Crippen LogP contribution is -2.06. The highest BCUT2D eigenvalue weighted by Gasteiger charge is 2.13. The van der Waals surface area contributed by atoms with E-state index in [-0.39, 0.29) is 0 Å². The van der Waals surface area contributed by atoms with E-state index < -0.39 is 0 Å². The van der Waals surface area contributed by atoms with Crippen molar-refractivity contribution in [2.75, 3.05) is 11.9 Å². The van der Waals surface area contributed by atoms with Gasteiger partial charge in [0.2, 0.25) is 0 Å². The van der Waals surface area contributed by atoms with E-state index in [0.717, 1.165) is 30.9 Å².